The van der Waals surface area contributed by atoms with Gasteiger partial charge in [0.15, 0.2) is 0 Å². The molecule has 0 aliphatic carbocycles. The second kappa shape index (κ2) is 7.69. The molecule has 1 saturated heterocycles. The Morgan fingerprint density at radius 1 is 1.33 bits per heavy atom. The van der Waals surface area contributed by atoms with E-state index in [0.29, 0.717) is 5.41 Å². The summed E-state index contributed by atoms with van der Waals surface area (Å²) in [7, 11) is 0. The molecule has 0 bridgehead atoms. The van der Waals surface area contributed by atoms with Gasteiger partial charge in [0.05, 0.1) is 0 Å². The summed E-state index contributed by atoms with van der Waals surface area (Å²) >= 11 is 0. The van der Waals surface area contributed by atoms with Crippen molar-refractivity contribution in [3.63, 3.8) is 0 Å². The molecule has 0 aromatic rings. The van der Waals surface area contributed by atoms with Gasteiger partial charge in [-0.25, -0.2) is 0 Å². The molecular weight excluding hydrogens is 188 g/mol. The maximum Gasteiger partial charge on any atom is 0.216 e. The van der Waals surface area contributed by atoms with Gasteiger partial charge in [0.25, 0.3) is 0 Å². The first-order valence-electron chi connectivity index (χ1n) is 6.14. The monoisotopic (exact) mass is 214 g/mol. The summed E-state index contributed by atoms with van der Waals surface area (Å²) in [6.45, 7) is 10.8. The maximum atomic E-state index is 10.8. The van der Waals surface area contributed by atoms with E-state index in [1.807, 2.05) is 13.8 Å². The number of nitrogens with one attached hydrogen (secondary N) is 2. The fourth-order valence-corrected chi connectivity index (χ4v) is 1.92. The minimum Gasteiger partial charge on any atom is -0.356 e. The molecule has 3 nitrogen and oxygen atoms in total. The van der Waals surface area contributed by atoms with Crippen molar-refractivity contribution in [1.82, 2.24) is 10.6 Å². The molecule has 0 saturated carbocycles. The van der Waals surface area contributed by atoms with Gasteiger partial charge in [0.2, 0.25) is 5.91 Å². The third kappa shape index (κ3) is 5.17. The van der Waals surface area contributed by atoms with Gasteiger partial charge in [0, 0.05) is 13.5 Å². The van der Waals surface area contributed by atoms with Crippen LogP contribution in [-0.4, -0.2) is 25.5 Å². The summed E-state index contributed by atoms with van der Waals surface area (Å²) in [5.41, 5.74) is 0.358. The van der Waals surface area contributed by atoms with Gasteiger partial charge in [-0.3, -0.25) is 4.79 Å². The van der Waals surface area contributed by atoms with Crippen LogP contribution in [0.5, 0.6) is 0 Å². The maximum absolute atomic E-state index is 10.8. The highest BCUT2D eigenvalue weighted by Crippen LogP contribution is 2.31. The molecular formula is C12H26N2O. The Balaban J connectivity index is 0.000000921. The molecule has 90 valence electrons. The summed E-state index contributed by atoms with van der Waals surface area (Å²) in [6, 6.07) is 0. The Labute approximate surface area is 94.0 Å². The van der Waals surface area contributed by atoms with Gasteiger partial charge in [-0.15, -0.1) is 0 Å². The highest BCUT2D eigenvalue weighted by atomic mass is 16.1. The normalized spacial score (nSPS) is 18.7. The first kappa shape index (κ1) is 14.4. The number of rotatable bonds is 3. The van der Waals surface area contributed by atoms with Crippen molar-refractivity contribution in [2.24, 2.45) is 5.41 Å². The van der Waals surface area contributed by atoms with Crippen LogP contribution in [-0.2, 0) is 4.79 Å². The highest BCUT2D eigenvalue weighted by molar-refractivity contribution is 5.72. The zero-order valence-electron chi connectivity index (χ0n) is 10.7. The Morgan fingerprint density at radius 2 is 1.87 bits per heavy atom. The smallest absolute Gasteiger partial charge is 0.216 e. The van der Waals surface area contributed by atoms with Crippen molar-refractivity contribution < 1.29 is 4.79 Å². The molecule has 1 amide bonds. The number of amides is 1. The summed E-state index contributed by atoms with van der Waals surface area (Å²) in [5, 5.41) is 6.29. The van der Waals surface area contributed by atoms with E-state index < -0.39 is 0 Å². The average molecular weight is 214 g/mol. The number of hydrogen-bond donors (Lipinski definition) is 2. The fraction of sp³-hybridized carbons (Fsp3) is 0.917. The predicted molar refractivity (Wildman–Crippen MR) is 64.9 cm³/mol. The Kier molecular flexibility index (Phi) is 7.39. The molecule has 0 atom stereocenters. The molecule has 1 aliphatic rings. The second-order valence-electron chi connectivity index (χ2n) is 4.01. The summed E-state index contributed by atoms with van der Waals surface area (Å²) in [4.78, 5) is 10.8. The Bertz CT molecular complexity index is 174. The van der Waals surface area contributed by atoms with Crippen LogP contribution >= 0.6 is 0 Å². The second-order valence-corrected chi connectivity index (χ2v) is 4.01. The topological polar surface area (TPSA) is 41.1 Å². The summed E-state index contributed by atoms with van der Waals surface area (Å²) in [5.74, 6) is 0.0892. The predicted octanol–water partition coefficient (Wildman–Crippen LogP) is 1.93. The largest absolute Gasteiger partial charge is 0.356 e. The fourth-order valence-electron chi connectivity index (χ4n) is 1.92. The van der Waals surface area contributed by atoms with E-state index in [2.05, 4.69) is 17.6 Å². The van der Waals surface area contributed by atoms with Gasteiger partial charge in [-0.05, 0) is 37.8 Å². The molecule has 15 heavy (non-hydrogen) atoms. The molecule has 0 aromatic carbocycles. The third-order valence-electron chi connectivity index (χ3n) is 3.13. The van der Waals surface area contributed by atoms with Crippen LogP contribution in [0, 0.1) is 5.41 Å². The van der Waals surface area contributed by atoms with E-state index in [4.69, 9.17) is 0 Å². The van der Waals surface area contributed by atoms with Gasteiger partial charge in [0.1, 0.15) is 0 Å². The third-order valence-corrected chi connectivity index (χ3v) is 3.13. The molecule has 0 aromatic heterocycles. The molecule has 3 heteroatoms. The van der Waals surface area contributed by atoms with Gasteiger partial charge >= 0.3 is 0 Å². The molecule has 1 rings (SSSR count). The van der Waals surface area contributed by atoms with E-state index in [9.17, 15) is 4.79 Å². The van der Waals surface area contributed by atoms with Crippen LogP contribution in [0.2, 0.25) is 0 Å². The van der Waals surface area contributed by atoms with Gasteiger partial charge < -0.3 is 10.6 Å². The van der Waals surface area contributed by atoms with Crippen molar-refractivity contribution in [1.29, 1.82) is 0 Å². The van der Waals surface area contributed by atoms with Crippen molar-refractivity contribution in [2.45, 2.75) is 47.0 Å². The standard InChI is InChI=1S/C10H20N2O.C2H6/c1-3-10(8-12-9(2)13)4-6-11-7-5-10;1-2/h11H,3-8H2,1-2H3,(H,12,13);1-2H3. The molecule has 1 fully saturated rings. The minimum absolute atomic E-state index is 0.0892. The van der Waals surface area contributed by atoms with Crippen LogP contribution < -0.4 is 10.6 Å². The summed E-state index contributed by atoms with van der Waals surface area (Å²) < 4.78 is 0. The zero-order chi connectivity index (χ0) is 11.7. The lowest BCUT2D eigenvalue weighted by molar-refractivity contribution is -0.119. The van der Waals surface area contributed by atoms with Crippen molar-refractivity contribution in [2.75, 3.05) is 19.6 Å². The van der Waals surface area contributed by atoms with E-state index >= 15 is 0 Å². The van der Waals surface area contributed by atoms with Crippen LogP contribution in [0.4, 0.5) is 0 Å². The molecule has 0 unspecified atom stereocenters. The first-order chi connectivity index (χ1) is 7.18. The average Bonchev–Trinajstić information content (AvgIpc) is 2.30. The van der Waals surface area contributed by atoms with Gasteiger partial charge in [-0.1, -0.05) is 20.8 Å². The molecule has 1 aliphatic heterocycles. The van der Waals surface area contributed by atoms with Crippen LogP contribution in [0.15, 0.2) is 0 Å². The van der Waals surface area contributed by atoms with E-state index in [0.717, 1.165) is 26.1 Å². The van der Waals surface area contributed by atoms with Crippen molar-refractivity contribution in [3.05, 3.63) is 0 Å². The lowest BCUT2D eigenvalue weighted by Gasteiger charge is -2.36. The van der Waals surface area contributed by atoms with Crippen LogP contribution in [0.25, 0.3) is 0 Å². The number of piperidine rings is 1. The Hall–Kier alpha value is -0.570. The van der Waals surface area contributed by atoms with Crippen LogP contribution in [0.3, 0.4) is 0 Å². The molecule has 1 heterocycles. The van der Waals surface area contributed by atoms with E-state index in [-0.39, 0.29) is 5.91 Å². The number of hydrogen-bond acceptors (Lipinski definition) is 2. The number of carbonyl (C=O) groups excluding carboxylic acids is 1. The highest BCUT2D eigenvalue weighted by Gasteiger charge is 2.29. The zero-order valence-corrected chi connectivity index (χ0v) is 10.7. The first-order valence-corrected chi connectivity index (χ1v) is 6.14. The molecule has 0 radical (unpaired) electrons. The lowest BCUT2D eigenvalue weighted by atomic mass is 9.76. The SMILES string of the molecule is CC.CCC1(CNC(C)=O)CCNCC1. The molecule has 2 N–H and O–H groups in total. The quantitative estimate of drug-likeness (QED) is 0.753. The number of carbonyl (C=O) groups is 1. The van der Waals surface area contributed by atoms with Crippen LogP contribution in [0.1, 0.15) is 47.0 Å². The van der Waals surface area contributed by atoms with Gasteiger partial charge in [-0.2, -0.15) is 0 Å². The van der Waals surface area contributed by atoms with E-state index in [1.54, 1.807) is 6.92 Å². The van der Waals surface area contributed by atoms with E-state index in [1.165, 1.54) is 12.8 Å². The minimum atomic E-state index is 0.0892. The molecule has 0 spiro atoms. The van der Waals surface area contributed by atoms with Crippen molar-refractivity contribution in [3.8, 4) is 0 Å². The lowest BCUT2D eigenvalue weighted by Crippen LogP contribution is -2.43. The van der Waals surface area contributed by atoms with Crippen molar-refractivity contribution >= 4 is 5.91 Å². The Morgan fingerprint density at radius 3 is 2.27 bits per heavy atom. The summed E-state index contributed by atoms with van der Waals surface area (Å²) in [6.07, 6.45) is 3.53.